The minimum atomic E-state index is -6.05. The van der Waals surface area contributed by atoms with Crippen molar-refractivity contribution in [3.8, 4) is 11.1 Å². The SMILES string of the molecule is CN(C)CC[C@H](CSc1ccccc1)Nc1ccc(S(=O)(=O)NC(=O)c2ccc(N3CCC([C@H](O)c4ccccc4-c4ccc(Cl)cc4)CC3)cc2)cc1S(=O)(=O)C(F)(F)F. The zero-order valence-corrected chi connectivity index (χ0v) is 36.6. The van der Waals surface area contributed by atoms with Gasteiger partial charge in [-0.3, -0.25) is 4.79 Å². The molecule has 61 heavy (non-hydrogen) atoms. The molecule has 1 amide bonds. The molecule has 0 aliphatic carbocycles. The molecular weight excluding hydrogens is 869 g/mol. The van der Waals surface area contributed by atoms with Gasteiger partial charge in [0, 0.05) is 46.1 Å². The fraction of sp³-hybridized carbons (Fsp3) is 0.295. The average Bonchev–Trinajstić information content (AvgIpc) is 3.24. The third-order valence-electron chi connectivity index (χ3n) is 10.5. The van der Waals surface area contributed by atoms with Crippen molar-refractivity contribution in [3.63, 3.8) is 0 Å². The number of amides is 1. The number of alkyl halides is 3. The Hall–Kier alpha value is -4.58. The first-order valence-corrected chi connectivity index (χ1v) is 23.8. The van der Waals surface area contributed by atoms with E-state index in [9.17, 15) is 39.9 Å². The maximum atomic E-state index is 14.0. The molecule has 0 radical (unpaired) electrons. The molecule has 0 saturated carbocycles. The number of sulfone groups is 1. The largest absolute Gasteiger partial charge is 0.501 e. The number of halogens is 4. The molecule has 0 aromatic heterocycles. The summed E-state index contributed by atoms with van der Waals surface area (Å²) in [5.74, 6) is -0.711. The van der Waals surface area contributed by atoms with E-state index in [1.165, 1.54) is 23.9 Å². The first-order valence-electron chi connectivity index (χ1n) is 19.4. The first kappa shape index (κ1) is 45.9. The third-order valence-corrected chi connectivity index (χ3v) is 14.8. The molecule has 3 N–H and O–H groups in total. The summed E-state index contributed by atoms with van der Waals surface area (Å²) in [6, 6.07) is 32.5. The number of aliphatic hydroxyl groups excluding tert-OH is 1. The van der Waals surface area contributed by atoms with Gasteiger partial charge in [-0.25, -0.2) is 21.6 Å². The fourth-order valence-corrected chi connectivity index (χ4v) is 10.3. The van der Waals surface area contributed by atoms with Crippen LogP contribution in [0, 0.1) is 5.92 Å². The Morgan fingerprint density at radius 1 is 0.885 bits per heavy atom. The van der Waals surface area contributed by atoms with Gasteiger partial charge in [-0.05, 0) is 129 Å². The van der Waals surface area contributed by atoms with E-state index in [0.717, 1.165) is 39.4 Å². The summed E-state index contributed by atoms with van der Waals surface area (Å²) in [5, 5.41) is 15.0. The monoisotopic (exact) mass is 914 g/mol. The lowest BCUT2D eigenvalue weighted by molar-refractivity contribution is -0.0435. The Morgan fingerprint density at radius 3 is 2.16 bits per heavy atom. The van der Waals surface area contributed by atoms with Crippen LogP contribution in [0.5, 0.6) is 0 Å². The first-order chi connectivity index (χ1) is 28.9. The molecule has 10 nitrogen and oxygen atoms in total. The zero-order valence-electron chi connectivity index (χ0n) is 33.3. The van der Waals surface area contributed by atoms with Crippen molar-refractivity contribution in [1.82, 2.24) is 9.62 Å². The maximum Gasteiger partial charge on any atom is 0.501 e. The maximum absolute atomic E-state index is 14.0. The van der Waals surface area contributed by atoms with E-state index < -0.39 is 58.9 Å². The van der Waals surface area contributed by atoms with Crippen LogP contribution in [-0.2, 0) is 19.9 Å². The van der Waals surface area contributed by atoms with Gasteiger partial charge in [-0.2, -0.15) is 13.2 Å². The molecule has 6 rings (SSSR count). The number of nitrogens with zero attached hydrogens (tertiary/aromatic N) is 2. The Kier molecular flexibility index (Phi) is 14.8. The number of nitrogens with one attached hydrogen (secondary N) is 2. The normalized spacial score (nSPS) is 15.0. The summed E-state index contributed by atoms with van der Waals surface area (Å²) in [5.41, 5.74) is -2.73. The van der Waals surface area contributed by atoms with Crippen molar-refractivity contribution in [3.05, 3.63) is 137 Å². The highest BCUT2D eigenvalue weighted by Crippen LogP contribution is 2.39. The standard InChI is InChI=1S/C44H46ClF3N4O6S3/c1-51(2)25-24-34(29-59-36-8-4-3-5-9-36)49-40-21-20-37(28-41(40)60(55,56)44(46,47)48)61(57,58)50-43(54)32-14-18-35(19-15-32)52-26-22-31(23-27-52)42(53)39-11-7-6-10-38(39)30-12-16-33(45)17-13-30/h3-21,28,31,34,42,49,53H,22-27,29H2,1-2H3,(H,50,54)/t34-,42+/m1/s1. The molecule has 1 aliphatic heterocycles. The predicted molar refractivity (Wildman–Crippen MR) is 235 cm³/mol. The molecule has 5 aromatic carbocycles. The smallest absolute Gasteiger partial charge is 0.388 e. The highest BCUT2D eigenvalue weighted by Gasteiger charge is 2.48. The minimum absolute atomic E-state index is 0.0143. The van der Waals surface area contributed by atoms with Crippen LogP contribution in [0.3, 0.4) is 0 Å². The van der Waals surface area contributed by atoms with Crippen molar-refractivity contribution in [1.29, 1.82) is 0 Å². The molecule has 324 valence electrons. The Bertz CT molecular complexity index is 2500. The summed E-state index contributed by atoms with van der Waals surface area (Å²) in [7, 11) is -7.25. The fourth-order valence-electron chi connectivity index (χ4n) is 7.12. The van der Waals surface area contributed by atoms with E-state index in [4.69, 9.17) is 11.6 Å². The van der Waals surface area contributed by atoms with Crippen LogP contribution in [0.15, 0.2) is 136 Å². The highest BCUT2D eigenvalue weighted by molar-refractivity contribution is 7.99. The molecule has 0 unspecified atom stereocenters. The number of aliphatic hydroxyl groups is 1. The van der Waals surface area contributed by atoms with Crippen molar-refractivity contribution >= 4 is 60.5 Å². The van der Waals surface area contributed by atoms with Crippen molar-refractivity contribution < 1.29 is 39.9 Å². The molecule has 0 bridgehead atoms. The quantitative estimate of drug-likeness (QED) is 0.0824. The van der Waals surface area contributed by atoms with Crippen LogP contribution in [0.25, 0.3) is 11.1 Å². The van der Waals surface area contributed by atoms with E-state index in [0.29, 0.717) is 55.7 Å². The number of carbonyl (C=O) groups excluding carboxylic acids is 1. The molecule has 2 atom stereocenters. The lowest BCUT2D eigenvalue weighted by Gasteiger charge is -2.36. The number of thioether (sulfide) groups is 1. The Morgan fingerprint density at radius 2 is 1.52 bits per heavy atom. The number of rotatable bonds is 16. The van der Waals surface area contributed by atoms with Gasteiger partial charge < -0.3 is 20.2 Å². The number of benzene rings is 5. The number of sulfonamides is 1. The van der Waals surface area contributed by atoms with Gasteiger partial charge in [0.15, 0.2) is 0 Å². The van der Waals surface area contributed by atoms with Crippen molar-refractivity contribution in [2.75, 3.05) is 49.7 Å². The molecular formula is C44H46ClF3N4O6S3. The van der Waals surface area contributed by atoms with E-state index >= 15 is 0 Å². The molecule has 1 saturated heterocycles. The number of anilines is 2. The summed E-state index contributed by atoms with van der Waals surface area (Å²) in [4.78, 5) is 16.0. The Labute approximate surface area is 364 Å². The van der Waals surface area contributed by atoms with Crippen molar-refractivity contribution in [2.45, 2.75) is 51.6 Å². The second-order valence-corrected chi connectivity index (χ2v) is 20.1. The number of piperidine rings is 1. The van der Waals surface area contributed by atoms with Crippen LogP contribution < -0.4 is 14.9 Å². The van der Waals surface area contributed by atoms with Gasteiger partial charge in [-0.1, -0.05) is 66.2 Å². The van der Waals surface area contributed by atoms with Gasteiger partial charge in [0.1, 0.15) is 4.90 Å². The van der Waals surface area contributed by atoms with Gasteiger partial charge >= 0.3 is 5.51 Å². The Balaban J connectivity index is 1.13. The van der Waals surface area contributed by atoms with Gasteiger partial charge in [0.05, 0.1) is 16.7 Å². The van der Waals surface area contributed by atoms with Crippen LogP contribution >= 0.6 is 23.4 Å². The molecule has 1 aliphatic rings. The molecule has 5 aromatic rings. The second kappa shape index (κ2) is 19.6. The summed E-state index contributed by atoms with van der Waals surface area (Å²) in [6.07, 6.45) is 1.09. The molecule has 0 spiro atoms. The van der Waals surface area contributed by atoms with Gasteiger partial charge in [0.25, 0.3) is 25.8 Å². The van der Waals surface area contributed by atoms with E-state index in [2.05, 4.69) is 10.2 Å². The van der Waals surface area contributed by atoms with Gasteiger partial charge in [-0.15, -0.1) is 11.8 Å². The van der Waals surface area contributed by atoms with Crippen LogP contribution in [0.1, 0.15) is 41.3 Å². The second-order valence-electron chi connectivity index (χ2n) is 15.0. The zero-order chi connectivity index (χ0) is 44.0. The van der Waals surface area contributed by atoms with E-state index in [1.807, 2.05) is 103 Å². The van der Waals surface area contributed by atoms with Gasteiger partial charge in [0.2, 0.25) is 0 Å². The molecule has 1 fully saturated rings. The number of carbonyl (C=O) groups is 1. The number of hydrogen-bond donors (Lipinski definition) is 3. The summed E-state index contributed by atoms with van der Waals surface area (Å²) in [6.45, 7) is 1.75. The lowest BCUT2D eigenvalue weighted by Crippen LogP contribution is -2.36. The average molecular weight is 916 g/mol. The number of hydrogen-bond acceptors (Lipinski definition) is 10. The van der Waals surface area contributed by atoms with E-state index in [-0.39, 0.29) is 11.5 Å². The molecule has 1 heterocycles. The summed E-state index contributed by atoms with van der Waals surface area (Å²) >= 11 is 7.52. The lowest BCUT2D eigenvalue weighted by atomic mass is 9.84. The highest BCUT2D eigenvalue weighted by atomic mass is 35.5. The predicted octanol–water partition coefficient (Wildman–Crippen LogP) is 8.89. The topological polar surface area (TPSA) is 136 Å². The van der Waals surface area contributed by atoms with Crippen molar-refractivity contribution in [2.24, 2.45) is 5.92 Å². The summed E-state index contributed by atoms with van der Waals surface area (Å²) < 4.78 is 96.7. The van der Waals surface area contributed by atoms with Crippen LogP contribution in [-0.4, -0.2) is 83.8 Å². The molecule has 17 heteroatoms. The van der Waals surface area contributed by atoms with Crippen LogP contribution in [0.2, 0.25) is 5.02 Å². The third kappa shape index (κ3) is 11.5. The van der Waals surface area contributed by atoms with E-state index in [1.54, 1.807) is 12.1 Å². The minimum Gasteiger partial charge on any atom is -0.388 e. The van der Waals surface area contributed by atoms with Crippen LogP contribution in [0.4, 0.5) is 24.5 Å².